The van der Waals surface area contributed by atoms with Gasteiger partial charge >= 0.3 is 0 Å². The van der Waals surface area contributed by atoms with E-state index < -0.39 is 11.5 Å². The standard InChI is InChI=1S/C15H21N3O4/c19-14-13(16-5-6-17-14)15(20)18-11-4-7-21-9-12(11)22-8-10-2-1-3-10/h5-6,10-12H,1-4,7-9H2,(H,17,19)(H,18,20)/t11-,12-/m0/s1. The minimum atomic E-state index is -0.487. The molecule has 0 aromatic carbocycles. The van der Waals surface area contributed by atoms with Gasteiger partial charge in [-0.1, -0.05) is 6.42 Å². The van der Waals surface area contributed by atoms with Crippen molar-refractivity contribution in [2.75, 3.05) is 19.8 Å². The summed E-state index contributed by atoms with van der Waals surface area (Å²) in [7, 11) is 0. The fourth-order valence-corrected chi connectivity index (χ4v) is 2.71. The van der Waals surface area contributed by atoms with Gasteiger partial charge in [0.15, 0.2) is 5.69 Å². The van der Waals surface area contributed by atoms with Crippen molar-refractivity contribution >= 4 is 5.91 Å². The molecule has 2 atom stereocenters. The van der Waals surface area contributed by atoms with E-state index in [1.165, 1.54) is 31.7 Å². The van der Waals surface area contributed by atoms with Gasteiger partial charge < -0.3 is 19.8 Å². The van der Waals surface area contributed by atoms with Gasteiger partial charge in [-0.05, 0) is 25.2 Å². The van der Waals surface area contributed by atoms with Crippen LogP contribution in [0.1, 0.15) is 36.2 Å². The summed E-state index contributed by atoms with van der Waals surface area (Å²) in [6, 6.07) is -0.150. The monoisotopic (exact) mass is 307 g/mol. The van der Waals surface area contributed by atoms with Gasteiger partial charge in [0.25, 0.3) is 11.5 Å². The van der Waals surface area contributed by atoms with Crippen LogP contribution in [-0.4, -0.2) is 47.8 Å². The summed E-state index contributed by atoms with van der Waals surface area (Å²) in [4.78, 5) is 30.1. The molecule has 2 aliphatic rings. The Labute approximate surface area is 128 Å². The zero-order chi connectivity index (χ0) is 15.4. The Kier molecular flexibility index (Phi) is 4.84. The van der Waals surface area contributed by atoms with Crippen molar-refractivity contribution in [3.63, 3.8) is 0 Å². The number of aromatic nitrogens is 2. The number of nitrogens with one attached hydrogen (secondary N) is 2. The van der Waals surface area contributed by atoms with Crippen LogP contribution in [0.2, 0.25) is 0 Å². The van der Waals surface area contributed by atoms with Crippen molar-refractivity contribution in [1.29, 1.82) is 0 Å². The second-order valence-corrected chi connectivity index (χ2v) is 5.88. The summed E-state index contributed by atoms with van der Waals surface area (Å²) in [5.74, 6) is 0.169. The molecule has 22 heavy (non-hydrogen) atoms. The number of carbonyl (C=O) groups excluding carboxylic acids is 1. The lowest BCUT2D eigenvalue weighted by Gasteiger charge is -2.34. The molecule has 120 valence electrons. The van der Waals surface area contributed by atoms with Crippen LogP contribution >= 0.6 is 0 Å². The molecular weight excluding hydrogens is 286 g/mol. The van der Waals surface area contributed by atoms with E-state index in [-0.39, 0.29) is 17.8 Å². The number of ether oxygens (including phenoxy) is 2. The molecule has 1 aromatic heterocycles. The maximum Gasteiger partial charge on any atom is 0.279 e. The Hall–Kier alpha value is -1.73. The molecule has 1 saturated heterocycles. The Morgan fingerprint density at radius 1 is 1.45 bits per heavy atom. The highest BCUT2D eigenvalue weighted by molar-refractivity contribution is 5.92. The first-order valence-electron chi connectivity index (χ1n) is 7.78. The van der Waals surface area contributed by atoms with Gasteiger partial charge in [0.05, 0.1) is 12.6 Å². The minimum absolute atomic E-state index is 0.119. The van der Waals surface area contributed by atoms with E-state index in [2.05, 4.69) is 15.3 Å². The molecule has 1 aromatic rings. The SMILES string of the molecule is O=C(N[C@H]1CCOC[C@@H]1OCC1CCC1)c1ncc[nH]c1=O. The first-order valence-corrected chi connectivity index (χ1v) is 7.78. The number of hydrogen-bond donors (Lipinski definition) is 2. The van der Waals surface area contributed by atoms with Gasteiger partial charge in [-0.25, -0.2) is 4.98 Å². The molecule has 1 amide bonds. The summed E-state index contributed by atoms with van der Waals surface area (Å²) in [5.41, 5.74) is -0.606. The fraction of sp³-hybridized carbons (Fsp3) is 0.667. The number of nitrogens with zero attached hydrogens (tertiary/aromatic N) is 1. The third kappa shape index (κ3) is 3.53. The van der Waals surface area contributed by atoms with E-state index >= 15 is 0 Å². The van der Waals surface area contributed by atoms with Gasteiger partial charge in [0, 0.05) is 25.6 Å². The number of H-pyrrole nitrogens is 1. The van der Waals surface area contributed by atoms with Crippen LogP contribution in [0.3, 0.4) is 0 Å². The Morgan fingerprint density at radius 2 is 2.32 bits per heavy atom. The largest absolute Gasteiger partial charge is 0.379 e. The number of amides is 1. The first-order chi connectivity index (χ1) is 10.7. The number of rotatable bonds is 5. The summed E-state index contributed by atoms with van der Waals surface area (Å²) in [5, 5.41) is 2.86. The van der Waals surface area contributed by atoms with Crippen LogP contribution in [0.4, 0.5) is 0 Å². The molecule has 0 spiro atoms. The van der Waals surface area contributed by atoms with Crippen molar-refractivity contribution in [3.8, 4) is 0 Å². The zero-order valence-corrected chi connectivity index (χ0v) is 12.4. The molecule has 2 N–H and O–H groups in total. The number of carbonyl (C=O) groups is 1. The molecule has 3 rings (SSSR count). The van der Waals surface area contributed by atoms with Gasteiger partial charge in [-0.2, -0.15) is 0 Å². The third-order valence-corrected chi connectivity index (χ3v) is 4.31. The molecule has 1 saturated carbocycles. The predicted molar refractivity (Wildman–Crippen MR) is 78.6 cm³/mol. The van der Waals surface area contributed by atoms with E-state index in [0.29, 0.717) is 32.2 Å². The lowest BCUT2D eigenvalue weighted by atomic mass is 9.86. The van der Waals surface area contributed by atoms with Gasteiger partial charge in [-0.3, -0.25) is 9.59 Å². The number of aromatic amines is 1. The highest BCUT2D eigenvalue weighted by Crippen LogP contribution is 2.27. The van der Waals surface area contributed by atoms with Crippen molar-refractivity contribution in [2.45, 2.75) is 37.8 Å². The topological polar surface area (TPSA) is 93.3 Å². The van der Waals surface area contributed by atoms with E-state index in [1.54, 1.807) is 0 Å². The van der Waals surface area contributed by atoms with Crippen molar-refractivity contribution < 1.29 is 14.3 Å². The molecule has 7 nitrogen and oxygen atoms in total. The first kappa shape index (κ1) is 15.2. The van der Waals surface area contributed by atoms with Gasteiger partial charge in [0.1, 0.15) is 6.10 Å². The number of hydrogen-bond acceptors (Lipinski definition) is 5. The smallest absolute Gasteiger partial charge is 0.279 e. The Morgan fingerprint density at radius 3 is 3.05 bits per heavy atom. The average molecular weight is 307 g/mol. The molecule has 0 bridgehead atoms. The lowest BCUT2D eigenvalue weighted by molar-refractivity contribution is -0.0819. The van der Waals surface area contributed by atoms with Crippen LogP contribution in [0, 0.1) is 5.92 Å². The minimum Gasteiger partial charge on any atom is -0.379 e. The molecule has 1 aliphatic heterocycles. The second-order valence-electron chi connectivity index (χ2n) is 5.88. The third-order valence-electron chi connectivity index (χ3n) is 4.31. The second kappa shape index (κ2) is 7.02. The Bertz CT molecular complexity index is 570. The molecule has 2 heterocycles. The normalized spacial score (nSPS) is 25.5. The van der Waals surface area contributed by atoms with Crippen LogP contribution in [0.25, 0.3) is 0 Å². The van der Waals surface area contributed by atoms with Crippen LogP contribution < -0.4 is 10.9 Å². The molecule has 2 fully saturated rings. The van der Waals surface area contributed by atoms with Gasteiger partial charge in [0.2, 0.25) is 0 Å². The van der Waals surface area contributed by atoms with Crippen molar-refractivity contribution in [3.05, 3.63) is 28.4 Å². The zero-order valence-electron chi connectivity index (χ0n) is 12.4. The van der Waals surface area contributed by atoms with E-state index in [0.717, 1.165) is 0 Å². The molecular formula is C15H21N3O4. The van der Waals surface area contributed by atoms with E-state index in [4.69, 9.17) is 9.47 Å². The van der Waals surface area contributed by atoms with Crippen LogP contribution in [-0.2, 0) is 9.47 Å². The summed E-state index contributed by atoms with van der Waals surface area (Å²) >= 11 is 0. The van der Waals surface area contributed by atoms with E-state index in [9.17, 15) is 9.59 Å². The molecule has 7 heteroatoms. The maximum absolute atomic E-state index is 12.2. The maximum atomic E-state index is 12.2. The summed E-state index contributed by atoms with van der Waals surface area (Å²) < 4.78 is 11.4. The highest BCUT2D eigenvalue weighted by Gasteiger charge is 2.30. The van der Waals surface area contributed by atoms with Crippen molar-refractivity contribution in [2.24, 2.45) is 5.92 Å². The van der Waals surface area contributed by atoms with Crippen LogP contribution in [0.15, 0.2) is 17.2 Å². The highest BCUT2D eigenvalue weighted by atomic mass is 16.5. The molecule has 0 unspecified atom stereocenters. The fourth-order valence-electron chi connectivity index (χ4n) is 2.71. The summed E-state index contributed by atoms with van der Waals surface area (Å²) in [6.07, 6.45) is 7.01. The average Bonchev–Trinajstić information content (AvgIpc) is 2.47. The molecule has 0 radical (unpaired) electrons. The quantitative estimate of drug-likeness (QED) is 0.825. The summed E-state index contributed by atoms with van der Waals surface area (Å²) in [6.45, 7) is 1.76. The lowest BCUT2D eigenvalue weighted by Crippen LogP contribution is -2.51. The van der Waals surface area contributed by atoms with Crippen molar-refractivity contribution in [1.82, 2.24) is 15.3 Å². The van der Waals surface area contributed by atoms with Gasteiger partial charge in [-0.15, -0.1) is 0 Å². The predicted octanol–water partition coefficient (Wildman–Crippen LogP) is 0.474. The van der Waals surface area contributed by atoms with E-state index in [1.807, 2.05) is 0 Å². The van der Waals surface area contributed by atoms with Crippen LogP contribution in [0.5, 0.6) is 0 Å². The molecule has 1 aliphatic carbocycles. The Balaban J connectivity index is 1.59.